The number of benzene rings is 8. The topological polar surface area (TPSA) is 177 Å². The molecule has 4 heterocycles. The van der Waals surface area contributed by atoms with Crippen LogP contribution in [0.2, 0.25) is 0 Å². The van der Waals surface area contributed by atoms with Gasteiger partial charge in [0.2, 0.25) is 0 Å². The lowest BCUT2D eigenvalue weighted by molar-refractivity contribution is 0.200. The average molecular weight is 1090 g/mol. The van der Waals surface area contributed by atoms with Crippen molar-refractivity contribution in [3.63, 3.8) is 0 Å². The number of hydrogen-bond acceptors (Lipinski definition) is 16. The summed E-state index contributed by atoms with van der Waals surface area (Å²) in [4.78, 5) is 47.9. The molecule has 0 N–H and O–H groups in total. The summed E-state index contributed by atoms with van der Waals surface area (Å²) in [7, 11) is 0. The van der Waals surface area contributed by atoms with Crippen LogP contribution >= 0.6 is 48.9 Å². The fraction of sp³-hybridized carbons (Fsp3) is 0. The van der Waals surface area contributed by atoms with E-state index in [1.54, 1.807) is 138 Å². The summed E-state index contributed by atoms with van der Waals surface area (Å²) in [6, 6.07) is 64.1. The zero-order valence-electron chi connectivity index (χ0n) is 39.1. The van der Waals surface area contributed by atoms with Gasteiger partial charge in [-0.25, -0.2) is 32.9 Å². The van der Waals surface area contributed by atoms with Crippen molar-refractivity contribution in [2.24, 2.45) is 0 Å². The van der Waals surface area contributed by atoms with E-state index in [1.165, 1.54) is 9.13 Å². The largest absolute Gasteiger partial charge is 0.431 e. The van der Waals surface area contributed by atoms with Crippen LogP contribution in [0.1, 0.15) is 0 Å². The molecule has 0 amide bonds. The van der Waals surface area contributed by atoms with Crippen molar-refractivity contribution in [3.05, 3.63) is 249 Å². The zero-order chi connectivity index (χ0) is 53.0. The summed E-state index contributed by atoms with van der Waals surface area (Å²) < 4.78 is 47.3. The van der Waals surface area contributed by atoms with Crippen molar-refractivity contribution in [1.82, 2.24) is 18.3 Å². The third-order valence-electron chi connectivity index (χ3n) is 10.5. The van der Waals surface area contributed by atoms with Gasteiger partial charge in [0.05, 0.1) is 16.6 Å². The van der Waals surface area contributed by atoms with Crippen molar-refractivity contribution >= 4 is 116 Å². The van der Waals surface area contributed by atoms with Gasteiger partial charge in [-0.05, 0) is 146 Å². The van der Waals surface area contributed by atoms with E-state index in [-0.39, 0.29) is 20.0 Å². The Hall–Kier alpha value is -9.60. The molecule has 0 radical (unpaired) electrons. The minimum absolute atomic E-state index is 0.0427. The van der Waals surface area contributed by atoms with Crippen LogP contribution in [0.15, 0.2) is 246 Å². The van der Waals surface area contributed by atoms with Gasteiger partial charge >= 0.3 is 23.7 Å². The molecule has 0 saturated carbocycles. The second kappa shape index (κ2) is 24.0. The van der Waals surface area contributed by atoms with E-state index in [0.29, 0.717) is 61.9 Å². The fourth-order valence-electron chi connectivity index (χ4n) is 7.10. The van der Waals surface area contributed by atoms with E-state index in [4.69, 9.17) is 85.5 Å². The maximum absolute atomic E-state index is 12.1. The van der Waals surface area contributed by atoms with Crippen molar-refractivity contribution in [2.75, 3.05) is 0 Å². The predicted octanol–water partition coefficient (Wildman–Crippen LogP) is 13.6. The third kappa shape index (κ3) is 12.1. The molecule has 0 aliphatic carbocycles. The summed E-state index contributed by atoms with van der Waals surface area (Å²) in [5, 5.41) is 0.294. The van der Waals surface area contributed by atoms with Crippen molar-refractivity contribution in [1.29, 1.82) is 0 Å². The number of oxazole rings is 4. The summed E-state index contributed by atoms with van der Waals surface area (Å²) in [5.74, 6) is 0.748. The summed E-state index contributed by atoms with van der Waals surface area (Å²) in [5.41, 5.74) is 4.43. The Kier molecular flexibility index (Phi) is 16.2. The molecular weight excluding hydrogens is 1050 g/mol. The summed E-state index contributed by atoms with van der Waals surface area (Å²) >= 11 is 20.7. The molecule has 4 aromatic heterocycles. The first-order valence-corrected chi connectivity index (χ1v) is 24.2. The van der Waals surface area contributed by atoms with Gasteiger partial charge in [0.1, 0.15) is 28.5 Å². The summed E-state index contributed by atoms with van der Waals surface area (Å²) in [6.07, 6.45) is -1.37. The molecule has 12 rings (SSSR count). The molecule has 8 aromatic carbocycles. The van der Waals surface area contributed by atoms with Crippen molar-refractivity contribution < 1.29 is 46.2 Å². The number of hydrogen-bond donors (Lipinski definition) is 0. The van der Waals surface area contributed by atoms with E-state index >= 15 is 0 Å². The van der Waals surface area contributed by atoms with E-state index in [0.717, 1.165) is 10.1 Å². The number of nitrogens with zero attached hydrogens (tertiary/aromatic N) is 4. The highest BCUT2D eigenvalue weighted by atomic mass is 32.1. The molecule has 0 atom stereocenters. The standard InChI is InChI=1S/C14H9NO4.2C14H9NO3S.C14H9NO2S2/c16-13(18-10-6-2-1-3-7-10)15-11-8-4-5-9-12(11)19-14(15)17;16-13-15(11-8-4-5-9-12(11)18-13)14(19)17-10-6-2-1-3-7-10;16-13(17-10-6-2-1-3-7-10)15-11-8-4-5-9-12(11)18-14(15)19;18-13(16-10-6-2-1-3-7-10)15-11-8-4-5-9-12(11)17-14(15)19/h4*1-9H. The number of rotatable bonds is 4. The number of aromatic nitrogens is 4. The first kappa shape index (κ1) is 51.3. The first-order chi connectivity index (χ1) is 37.0. The molecule has 0 saturated heterocycles. The SMILES string of the molecule is O=C(Oc1ccccc1)n1c(=O)oc2ccccc21.O=C(Oc1ccccc1)n1c(=S)oc2ccccc21.O=c1oc2ccccc2n1C(=S)Oc1ccccc1.S=C(Oc1ccccc1)n1c(=S)oc2ccccc21. The Labute approximate surface area is 449 Å². The van der Waals surface area contributed by atoms with E-state index < -0.39 is 23.7 Å². The smallest absolute Gasteiger partial charge is 0.429 e. The van der Waals surface area contributed by atoms with Crippen LogP contribution in [0.4, 0.5) is 9.59 Å². The van der Waals surface area contributed by atoms with Crippen LogP contribution in [0.25, 0.3) is 44.4 Å². The van der Waals surface area contributed by atoms with Crippen LogP contribution in [-0.2, 0) is 0 Å². The number of thiocarbonyl (C=S) groups is 2. The number of fused-ring (bicyclic) bond motifs is 4. The molecule has 0 aliphatic heterocycles. The minimum atomic E-state index is -0.791. The van der Waals surface area contributed by atoms with Gasteiger partial charge < -0.3 is 36.6 Å². The van der Waals surface area contributed by atoms with Crippen molar-refractivity contribution in [2.45, 2.75) is 0 Å². The molecule has 0 unspecified atom stereocenters. The van der Waals surface area contributed by atoms with E-state index in [9.17, 15) is 19.2 Å². The Morgan fingerprint density at radius 1 is 0.316 bits per heavy atom. The maximum Gasteiger partial charge on any atom is 0.429 e. The van der Waals surface area contributed by atoms with Crippen LogP contribution in [0.3, 0.4) is 0 Å². The average Bonchev–Trinajstić information content (AvgIpc) is 4.18. The van der Waals surface area contributed by atoms with Crippen LogP contribution < -0.4 is 30.5 Å². The van der Waals surface area contributed by atoms with Gasteiger partial charge in [0, 0.05) is 0 Å². The second-order valence-corrected chi connectivity index (χ2v) is 16.8. The monoisotopic (exact) mass is 1080 g/mol. The summed E-state index contributed by atoms with van der Waals surface area (Å²) in [6.45, 7) is 0. The predicted molar refractivity (Wildman–Crippen MR) is 297 cm³/mol. The van der Waals surface area contributed by atoms with Crippen LogP contribution in [0.5, 0.6) is 23.0 Å². The highest BCUT2D eigenvalue weighted by molar-refractivity contribution is 7.80. The van der Waals surface area contributed by atoms with E-state index in [2.05, 4.69) is 0 Å². The van der Waals surface area contributed by atoms with Crippen molar-refractivity contribution in [3.8, 4) is 23.0 Å². The number of carbonyl (C=O) groups is 2. The molecule has 0 bridgehead atoms. The molecule has 0 spiro atoms. The van der Waals surface area contributed by atoms with Crippen LogP contribution in [0, 0.1) is 9.67 Å². The fourth-order valence-corrected chi connectivity index (χ4v) is 8.23. The number of carbonyl (C=O) groups excluding carboxylic acids is 2. The molecule has 0 aliphatic rings. The minimum Gasteiger partial charge on any atom is -0.431 e. The highest BCUT2D eigenvalue weighted by Gasteiger charge is 2.19. The quantitative estimate of drug-likeness (QED) is 0.152. The van der Waals surface area contributed by atoms with Gasteiger partial charge in [-0.3, -0.25) is 0 Å². The molecule has 20 heteroatoms. The van der Waals surface area contributed by atoms with Gasteiger partial charge in [-0.15, -0.1) is 0 Å². The van der Waals surface area contributed by atoms with Gasteiger partial charge in [-0.1, -0.05) is 121 Å². The highest BCUT2D eigenvalue weighted by Crippen LogP contribution is 2.22. The zero-order valence-corrected chi connectivity index (χ0v) is 42.4. The van der Waals surface area contributed by atoms with Gasteiger partial charge in [-0.2, -0.15) is 4.57 Å². The maximum atomic E-state index is 12.1. The van der Waals surface area contributed by atoms with E-state index in [1.807, 2.05) is 84.9 Å². The lowest BCUT2D eigenvalue weighted by atomic mass is 10.3. The first-order valence-electron chi connectivity index (χ1n) is 22.5. The number of ether oxygens (including phenoxy) is 4. The normalized spacial score (nSPS) is 10.5. The molecule has 16 nitrogen and oxygen atoms in total. The Morgan fingerprint density at radius 2 is 0.579 bits per heavy atom. The Morgan fingerprint density at radius 3 is 0.987 bits per heavy atom. The van der Waals surface area contributed by atoms with Gasteiger partial charge in [0.15, 0.2) is 22.3 Å². The Bertz CT molecular complexity index is 3710. The number of para-hydroxylation sites is 12. The van der Waals surface area contributed by atoms with Crippen LogP contribution in [-0.4, -0.2) is 40.8 Å². The molecule has 12 aromatic rings. The molecule has 76 heavy (non-hydrogen) atoms. The molecule has 376 valence electrons. The lowest BCUT2D eigenvalue weighted by Gasteiger charge is -2.07. The van der Waals surface area contributed by atoms with Gasteiger partial charge in [0.25, 0.3) is 20.0 Å². The molecular formula is C56H36N4O12S4. The molecule has 0 fully saturated rings. The lowest BCUT2D eigenvalue weighted by Crippen LogP contribution is -2.26. The second-order valence-electron chi connectivity index (χ2n) is 15.4. The third-order valence-corrected chi connectivity index (χ3v) is 11.5. The Balaban J connectivity index is 0.000000124.